The molecule has 0 bridgehead atoms. The Kier molecular flexibility index (Phi) is 7.29. The number of amides is 2. The number of primary amides is 1. The summed E-state index contributed by atoms with van der Waals surface area (Å²) in [6.07, 6.45) is 1.09. The van der Waals surface area contributed by atoms with E-state index in [1.807, 2.05) is 20.8 Å². The van der Waals surface area contributed by atoms with Crippen molar-refractivity contribution in [3.8, 4) is 0 Å². The predicted molar refractivity (Wildman–Crippen MR) is 63.5 cm³/mol. The van der Waals surface area contributed by atoms with Gasteiger partial charge in [-0.3, -0.25) is 4.79 Å². The molecule has 0 saturated heterocycles. The van der Waals surface area contributed by atoms with E-state index in [1.54, 1.807) is 0 Å². The van der Waals surface area contributed by atoms with Crippen LogP contribution in [0, 0.1) is 0 Å². The smallest absolute Gasteiger partial charge is 0.407 e. The fraction of sp³-hybridized carbons (Fsp3) is 0.818. The lowest BCUT2D eigenvalue weighted by molar-refractivity contribution is -0.122. The van der Waals surface area contributed by atoms with Gasteiger partial charge in [-0.05, 0) is 33.6 Å². The van der Waals surface area contributed by atoms with Crippen molar-refractivity contribution in [2.75, 3.05) is 19.8 Å². The van der Waals surface area contributed by atoms with Crippen LogP contribution in [0.25, 0.3) is 0 Å². The van der Waals surface area contributed by atoms with Gasteiger partial charge in [-0.25, -0.2) is 4.79 Å². The number of hydrogen-bond acceptors (Lipinski definition) is 4. The summed E-state index contributed by atoms with van der Waals surface area (Å²) in [5.41, 5.74) is 4.42. The Bertz CT molecular complexity index is 248. The van der Waals surface area contributed by atoms with Crippen LogP contribution in [0.3, 0.4) is 0 Å². The molecular formula is C11H22N2O4. The fourth-order valence-corrected chi connectivity index (χ4v) is 1.01. The average molecular weight is 246 g/mol. The third-order valence-electron chi connectivity index (χ3n) is 1.63. The van der Waals surface area contributed by atoms with Crippen LogP contribution in [0.4, 0.5) is 4.79 Å². The predicted octanol–water partition coefficient (Wildman–Crippen LogP) is 0.793. The maximum atomic E-state index is 11.2. The van der Waals surface area contributed by atoms with Gasteiger partial charge in [-0.1, -0.05) is 0 Å². The molecule has 0 radical (unpaired) electrons. The molecule has 0 aromatic heterocycles. The molecule has 0 saturated carbocycles. The van der Waals surface area contributed by atoms with Gasteiger partial charge >= 0.3 is 6.09 Å². The summed E-state index contributed by atoms with van der Waals surface area (Å²) in [6, 6.07) is 0. The highest BCUT2D eigenvalue weighted by Gasteiger charge is 2.15. The first kappa shape index (κ1) is 15.7. The van der Waals surface area contributed by atoms with E-state index >= 15 is 0 Å². The summed E-state index contributed by atoms with van der Waals surface area (Å²) in [5, 5.41) is 2.63. The molecule has 0 aliphatic rings. The van der Waals surface area contributed by atoms with Gasteiger partial charge in [0.2, 0.25) is 5.91 Å². The van der Waals surface area contributed by atoms with Gasteiger partial charge in [0.15, 0.2) is 0 Å². The van der Waals surface area contributed by atoms with Crippen LogP contribution in [0.1, 0.15) is 33.6 Å². The van der Waals surface area contributed by atoms with Gasteiger partial charge in [-0.15, -0.1) is 0 Å². The summed E-state index contributed by atoms with van der Waals surface area (Å²) in [4.78, 5) is 21.5. The molecular weight excluding hydrogens is 224 g/mol. The molecule has 2 amide bonds. The lowest BCUT2D eigenvalue weighted by Crippen LogP contribution is -2.33. The Labute approximate surface area is 102 Å². The lowest BCUT2D eigenvalue weighted by atomic mass is 10.2. The summed E-state index contributed by atoms with van der Waals surface area (Å²) in [6.45, 7) is 6.35. The van der Waals surface area contributed by atoms with E-state index in [9.17, 15) is 9.59 Å². The molecule has 0 aromatic carbocycles. The van der Waals surface area contributed by atoms with Gasteiger partial charge in [0, 0.05) is 13.2 Å². The van der Waals surface area contributed by atoms with E-state index in [0.29, 0.717) is 13.2 Å². The minimum atomic E-state index is -0.477. The zero-order valence-electron chi connectivity index (χ0n) is 10.7. The zero-order chi connectivity index (χ0) is 13.3. The van der Waals surface area contributed by atoms with E-state index in [0.717, 1.165) is 12.8 Å². The lowest BCUT2D eigenvalue weighted by Gasteiger charge is -2.19. The highest BCUT2D eigenvalue weighted by Crippen LogP contribution is 2.06. The summed E-state index contributed by atoms with van der Waals surface area (Å²) in [7, 11) is 0. The number of rotatable bonds is 7. The Hall–Kier alpha value is -1.30. The topological polar surface area (TPSA) is 90.7 Å². The van der Waals surface area contributed by atoms with Gasteiger partial charge in [0.1, 0.15) is 12.2 Å². The zero-order valence-corrected chi connectivity index (χ0v) is 10.7. The van der Waals surface area contributed by atoms with Crippen LogP contribution in [0.15, 0.2) is 0 Å². The summed E-state index contributed by atoms with van der Waals surface area (Å²) in [5.74, 6) is -0.475. The second-order valence-corrected chi connectivity index (χ2v) is 4.65. The molecule has 3 N–H and O–H groups in total. The third-order valence-corrected chi connectivity index (χ3v) is 1.63. The first-order chi connectivity index (χ1) is 7.81. The van der Waals surface area contributed by atoms with Crippen LogP contribution in [0.5, 0.6) is 0 Å². The van der Waals surface area contributed by atoms with Crippen molar-refractivity contribution >= 4 is 12.0 Å². The van der Waals surface area contributed by atoms with E-state index in [2.05, 4.69) is 5.32 Å². The first-order valence-corrected chi connectivity index (χ1v) is 5.64. The largest absolute Gasteiger partial charge is 0.444 e. The number of hydrogen-bond donors (Lipinski definition) is 2. The average Bonchev–Trinajstić information content (AvgIpc) is 2.12. The standard InChI is InChI=1S/C11H22N2O4/c1-11(2,3)17-10(15)13-6-4-5-7-16-8-9(12)14/h4-8H2,1-3H3,(H2,12,14)(H,13,15). The highest BCUT2D eigenvalue weighted by atomic mass is 16.6. The number of carbonyl (C=O) groups is 2. The maximum Gasteiger partial charge on any atom is 0.407 e. The Morgan fingerprint density at radius 3 is 2.41 bits per heavy atom. The van der Waals surface area contributed by atoms with Crippen LogP contribution in [-0.4, -0.2) is 37.4 Å². The van der Waals surface area contributed by atoms with Crippen LogP contribution in [-0.2, 0) is 14.3 Å². The van der Waals surface area contributed by atoms with Crippen LogP contribution < -0.4 is 11.1 Å². The van der Waals surface area contributed by atoms with E-state index in [1.165, 1.54) is 0 Å². The van der Waals surface area contributed by atoms with Gasteiger partial charge in [0.25, 0.3) is 0 Å². The van der Waals surface area contributed by atoms with Crippen molar-refractivity contribution in [2.24, 2.45) is 5.73 Å². The number of nitrogens with two attached hydrogens (primary N) is 1. The molecule has 6 nitrogen and oxygen atoms in total. The number of unbranched alkanes of at least 4 members (excludes halogenated alkanes) is 1. The number of ether oxygens (including phenoxy) is 2. The normalized spacial score (nSPS) is 11.0. The van der Waals surface area contributed by atoms with E-state index < -0.39 is 17.6 Å². The molecule has 0 unspecified atom stereocenters. The van der Waals surface area contributed by atoms with Gasteiger partial charge in [-0.2, -0.15) is 0 Å². The molecule has 0 aliphatic heterocycles. The van der Waals surface area contributed by atoms with E-state index in [4.69, 9.17) is 15.2 Å². The minimum Gasteiger partial charge on any atom is -0.444 e. The van der Waals surface area contributed by atoms with Crippen molar-refractivity contribution in [2.45, 2.75) is 39.2 Å². The monoisotopic (exact) mass is 246 g/mol. The van der Waals surface area contributed by atoms with Crippen molar-refractivity contribution in [3.63, 3.8) is 0 Å². The fourth-order valence-electron chi connectivity index (χ4n) is 1.01. The molecule has 0 fully saturated rings. The van der Waals surface area contributed by atoms with E-state index in [-0.39, 0.29) is 6.61 Å². The molecule has 100 valence electrons. The number of alkyl carbamates (subject to hydrolysis) is 1. The van der Waals surface area contributed by atoms with Gasteiger partial charge < -0.3 is 20.5 Å². The molecule has 0 aromatic rings. The number of carbonyl (C=O) groups excluding carboxylic acids is 2. The van der Waals surface area contributed by atoms with Crippen molar-refractivity contribution in [1.82, 2.24) is 5.32 Å². The molecule has 0 rings (SSSR count). The molecule has 0 aliphatic carbocycles. The third kappa shape index (κ3) is 12.6. The first-order valence-electron chi connectivity index (χ1n) is 5.64. The molecule has 0 spiro atoms. The summed E-state index contributed by atoms with van der Waals surface area (Å²) >= 11 is 0. The maximum absolute atomic E-state index is 11.2. The molecule has 17 heavy (non-hydrogen) atoms. The molecule has 0 atom stereocenters. The molecule has 6 heteroatoms. The van der Waals surface area contributed by atoms with Crippen LogP contribution in [0.2, 0.25) is 0 Å². The Balaban J connectivity index is 3.34. The van der Waals surface area contributed by atoms with Crippen molar-refractivity contribution < 1.29 is 19.1 Å². The quantitative estimate of drug-likeness (QED) is 0.650. The van der Waals surface area contributed by atoms with Crippen LogP contribution >= 0.6 is 0 Å². The van der Waals surface area contributed by atoms with Gasteiger partial charge in [0.05, 0.1) is 0 Å². The SMILES string of the molecule is CC(C)(C)OC(=O)NCCCCOCC(N)=O. The second-order valence-electron chi connectivity index (χ2n) is 4.65. The van der Waals surface area contributed by atoms with Crippen molar-refractivity contribution in [1.29, 1.82) is 0 Å². The minimum absolute atomic E-state index is 0.0561. The Morgan fingerprint density at radius 2 is 1.88 bits per heavy atom. The highest BCUT2D eigenvalue weighted by molar-refractivity contribution is 5.74. The Morgan fingerprint density at radius 1 is 1.24 bits per heavy atom. The summed E-state index contributed by atoms with van der Waals surface area (Å²) < 4.78 is 10.0. The second kappa shape index (κ2) is 7.89. The molecule has 0 heterocycles. The van der Waals surface area contributed by atoms with Crippen molar-refractivity contribution in [3.05, 3.63) is 0 Å². The number of nitrogens with one attached hydrogen (secondary N) is 1.